The number of rotatable bonds is 4. The molecule has 0 bridgehead atoms. The van der Waals surface area contributed by atoms with E-state index in [1.54, 1.807) is 0 Å². The topological polar surface area (TPSA) is 82.3 Å². The maximum Gasteiger partial charge on any atom is 0.373 e. The van der Waals surface area contributed by atoms with E-state index in [2.05, 4.69) is 20.8 Å². The summed E-state index contributed by atoms with van der Waals surface area (Å²) in [6.07, 6.45) is 7.25. The summed E-state index contributed by atoms with van der Waals surface area (Å²) in [5.74, 6) is 0.889. The fourth-order valence-electron chi connectivity index (χ4n) is 3.49. The summed E-state index contributed by atoms with van der Waals surface area (Å²) in [5.41, 5.74) is 9.56. The number of hydrogen-bond donors (Lipinski definition) is 1. The molecule has 1 aromatic heterocycles. The lowest BCUT2D eigenvalue weighted by molar-refractivity contribution is -0.191. The first-order chi connectivity index (χ1) is 12.4. The molecule has 1 aliphatic rings. The highest BCUT2D eigenvalue weighted by molar-refractivity contribution is 5.95. The van der Waals surface area contributed by atoms with Crippen LogP contribution in [0.5, 0.6) is 5.75 Å². The number of aromatic nitrogens is 1. The van der Waals surface area contributed by atoms with E-state index in [4.69, 9.17) is 25.0 Å². The van der Waals surface area contributed by atoms with Gasteiger partial charge in [-0.25, -0.2) is 0 Å². The van der Waals surface area contributed by atoms with Gasteiger partial charge in [0.1, 0.15) is 5.75 Å². The molecule has 5 heteroatoms. The van der Waals surface area contributed by atoms with Crippen molar-refractivity contribution in [2.24, 2.45) is 5.41 Å². The molecule has 0 radical (unpaired) electrons. The quantitative estimate of drug-likeness (QED) is 0.870. The second kappa shape index (κ2) is 8.81. The van der Waals surface area contributed by atoms with E-state index in [0.29, 0.717) is 11.5 Å². The molecule has 0 aliphatic heterocycles. The van der Waals surface area contributed by atoms with Gasteiger partial charge in [0.2, 0.25) is 0 Å². The molecule has 2 aromatic rings. The number of ether oxygens (including phenoxy) is 1. The number of nitrogens with two attached hydrogens (primary N) is 1. The normalized spacial score (nSPS) is 16.4. The number of aryl methyl sites for hydroxylation is 1. The smallest absolute Gasteiger partial charge is 0.373 e. The standard InChI is InChI=1S/C20H28N2O.CO2/c1-4-6-14-13-16(21)19-17(22-14)7-5-8-18(19)23-15-9-11-20(2,3)12-10-15;2-1-3/h5,7-8,13,15H,4,6,9-12H2,1-3H3,(H2,21,22);. The molecule has 2 N–H and O–H groups in total. The van der Waals surface area contributed by atoms with Crippen molar-refractivity contribution in [2.45, 2.75) is 65.4 Å². The molecule has 26 heavy (non-hydrogen) atoms. The molecule has 0 amide bonds. The van der Waals surface area contributed by atoms with Crippen molar-refractivity contribution in [1.82, 2.24) is 4.98 Å². The first-order valence-electron chi connectivity index (χ1n) is 9.24. The summed E-state index contributed by atoms with van der Waals surface area (Å²) in [7, 11) is 0. The molecule has 1 heterocycles. The van der Waals surface area contributed by atoms with Crippen LogP contribution in [0.4, 0.5) is 5.69 Å². The van der Waals surface area contributed by atoms with E-state index < -0.39 is 0 Å². The van der Waals surface area contributed by atoms with E-state index in [9.17, 15) is 0 Å². The summed E-state index contributed by atoms with van der Waals surface area (Å²) in [6, 6.07) is 8.08. The molecule has 140 valence electrons. The number of carbonyl (C=O) groups excluding carboxylic acids is 2. The van der Waals surface area contributed by atoms with E-state index in [0.717, 1.165) is 53.7 Å². The first kappa shape index (κ1) is 19.9. The zero-order valence-corrected chi connectivity index (χ0v) is 15.9. The van der Waals surface area contributed by atoms with Gasteiger partial charge in [-0.2, -0.15) is 9.59 Å². The monoisotopic (exact) mass is 356 g/mol. The van der Waals surface area contributed by atoms with Crippen LogP contribution in [-0.2, 0) is 16.0 Å². The summed E-state index contributed by atoms with van der Waals surface area (Å²) in [4.78, 5) is 21.0. The van der Waals surface area contributed by atoms with Crippen molar-refractivity contribution in [2.75, 3.05) is 5.73 Å². The van der Waals surface area contributed by atoms with Crippen LogP contribution in [0.3, 0.4) is 0 Å². The van der Waals surface area contributed by atoms with Gasteiger partial charge >= 0.3 is 6.15 Å². The van der Waals surface area contributed by atoms with Crippen LogP contribution in [-0.4, -0.2) is 17.2 Å². The minimum atomic E-state index is 0.250. The Morgan fingerprint density at radius 2 is 1.92 bits per heavy atom. The van der Waals surface area contributed by atoms with E-state index >= 15 is 0 Å². The van der Waals surface area contributed by atoms with Crippen LogP contribution in [0.2, 0.25) is 0 Å². The van der Waals surface area contributed by atoms with Gasteiger partial charge in [0.25, 0.3) is 0 Å². The molecule has 1 fully saturated rings. The number of fused-ring (bicyclic) bond motifs is 1. The van der Waals surface area contributed by atoms with Crippen molar-refractivity contribution in [3.8, 4) is 5.75 Å². The highest BCUT2D eigenvalue weighted by atomic mass is 16.5. The van der Waals surface area contributed by atoms with Crippen LogP contribution in [0.25, 0.3) is 10.9 Å². The van der Waals surface area contributed by atoms with Crippen molar-refractivity contribution < 1.29 is 14.3 Å². The van der Waals surface area contributed by atoms with Gasteiger partial charge in [0, 0.05) is 11.4 Å². The maximum absolute atomic E-state index is 8.12. The molecular weight excluding hydrogens is 328 g/mol. The Morgan fingerprint density at radius 3 is 2.54 bits per heavy atom. The molecular formula is C21H28N2O3. The molecule has 1 saturated carbocycles. The minimum absolute atomic E-state index is 0.250. The lowest BCUT2D eigenvalue weighted by atomic mass is 9.76. The summed E-state index contributed by atoms with van der Waals surface area (Å²) in [6.45, 7) is 6.85. The minimum Gasteiger partial charge on any atom is -0.490 e. The highest BCUT2D eigenvalue weighted by Gasteiger charge is 2.28. The highest BCUT2D eigenvalue weighted by Crippen LogP contribution is 2.38. The number of hydrogen-bond acceptors (Lipinski definition) is 5. The maximum atomic E-state index is 8.12. The third-order valence-corrected chi connectivity index (χ3v) is 4.97. The summed E-state index contributed by atoms with van der Waals surface area (Å²) in [5, 5.41) is 0.970. The summed E-state index contributed by atoms with van der Waals surface area (Å²) >= 11 is 0. The molecule has 0 atom stereocenters. The van der Waals surface area contributed by atoms with Gasteiger partial charge in [0.15, 0.2) is 0 Å². The van der Waals surface area contributed by atoms with Gasteiger partial charge < -0.3 is 10.5 Å². The third-order valence-electron chi connectivity index (χ3n) is 4.97. The fourth-order valence-corrected chi connectivity index (χ4v) is 3.49. The Labute approximate surface area is 154 Å². The van der Waals surface area contributed by atoms with Gasteiger partial charge in [-0.15, -0.1) is 0 Å². The lowest BCUT2D eigenvalue weighted by Gasteiger charge is -2.34. The van der Waals surface area contributed by atoms with Crippen LogP contribution in [0, 0.1) is 5.41 Å². The summed E-state index contributed by atoms with van der Waals surface area (Å²) < 4.78 is 6.32. The molecule has 0 unspecified atom stereocenters. The predicted octanol–water partition coefficient (Wildman–Crippen LogP) is 4.53. The Balaban J connectivity index is 0.000000758. The fraction of sp³-hybridized carbons (Fsp3) is 0.524. The predicted molar refractivity (Wildman–Crippen MR) is 102 cm³/mol. The zero-order chi connectivity index (χ0) is 19.2. The van der Waals surface area contributed by atoms with Crippen LogP contribution >= 0.6 is 0 Å². The molecule has 0 spiro atoms. The average Bonchev–Trinajstić information content (AvgIpc) is 2.58. The second-order valence-electron chi connectivity index (χ2n) is 7.67. The van der Waals surface area contributed by atoms with Gasteiger partial charge in [0.05, 0.1) is 17.0 Å². The largest absolute Gasteiger partial charge is 0.490 e. The van der Waals surface area contributed by atoms with Crippen molar-refractivity contribution in [3.63, 3.8) is 0 Å². The van der Waals surface area contributed by atoms with Gasteiger partial charge in [-0.1, -0.05) is 33.3 Å². The number of anilines is 1. The SMILES string of the molecule is CCCc1cc(N)c2c(OC3CCC(C)(C)CC3)cccc2n1.O=C=O. The molecule has 1 aromatic carbocycles. The van der Waals surface area contributed by atoms with E-state index in [-0.39, 0.29) is 6.15 Å². The number of nitrogen functional groups attached to an aromatic ring is 1. The number of nitrogens with zero attached hydrogens (tertiary/aromatic N) is 1. The lowest BCUT2D eigenvalue weighted by Crippen LogP contribution is -2.28. The molecule has 5 nitrogen and oxygen atoms in total. The van der Waals surface area contributed by atoms with Crippen molar-refractivity contribution >= 4 is 22.7 Å². The number of pyridine rings is 1. The molecule has 3 rings (SSSR count). The first-order valence-corrected chi connectivity index (χ1v) is 9.24. The van der Waals surface area contributed by atoms with Crippen LogP contribution in [0.1, 0.15) is 58.6 Å². The third kappa shape index (κ3) is 5.06. The molecule has 1 aliphatic carbocycles. The zero-order valence-electron chi connectivity index (χ0n) is 15.9. The van der Waals surface area contributed by atoms with Crippen molar-refractivity contribution in [3.05, 3.63) is 30.0 Å². The van der Waals surface area contributed by atoms with E-state index in [1.807, 2.05) is 24.3 Å². The van der Waals surface area contributed by atoms with Crippen molar-refractivity contribution in [1.29, 1.82) is 0 Å². The molecule has 0 saturated heterocycles. The van der Waals surface area contributed by atoms with Crippen LogP contribution in [0.15, 0.2) is 24.3 Å². The Hall–Kier alpha value is -2.39. The second-order valence-corrected chi connectivity index (χ2v) is 7.67. The van der Waals surface area contributed by atoms with E-state index in [1.165, 1.54) is 12.8 Å². The number of benzene rings is 1. The Morgan fingerprint density at radius 1 is 1.27 bits per heavy atom. The Kier molecular flexibility index (Phi) is 6.76. The van der Waals surface area contributed by atoms with Crippen LogP contribution < -0.4 is 10.5 Å². The van der Waals surface area contributed by atoms with Gasteiger partial charge in [-0.05, 0) is 55.7 Å². The Bertz CT molecular complexity index is 770. The average molecular weight is 356 g/mol. The van der Waals surface area contributed by atoms with Gasteiger partial charge in [-0.3, -0.25) is 4.98 Å².